The highest BCUT2D eigenvalue weighted by molar-refractivity contribution is 6.03. The Hall–Kier alpha value is -1.97. The number of unbranched alkanes of at least 4 members (excludes halogenated alkanes) is 4. The maximum atomic E-state index is 11.6. The van der Waals surface area contributed by atoms with Crippen molar-refractivity contribution in [1.29, 1.82) is 0 Å². The van der Waals surface area contributed by atoms with Gasteiger partial charge in [0.1, 0.15) is 5.69 Å². The van der Waals surface area contributed by atoms with Crippen LogP contribution < -0.4 is 5.73 Å². The maximum Gasteiger partial charge on any atom is 0.269 e. The molecule has 0 aliphatic carbocycles. The molecule has 0 aliphatic heterocycles. The van der Waals surface area contributed by atoms with Crippen molar-refractivity contribution >= 4 is 16.8 Å². The number of carbonyl (C=O) groups is 1. The second kappa shape index (κ2) is 6.46. The summed E-state index contributed by atoms with van der Waals surface area (Å²) in [6.45, 7) is 2.89. The average Bonchev–Trinajstić information content (AvgIpc) is 2.72. The largest absolute Gasteiger partial charge is 0.505 e. The predicted octanol–water partition coefficient (Wildman–Crippen LogP) is 3.42. The number of fused-ring (bicyclic) bond motifs is 1. The van der Waals surface area contributed by atoms with Crippen LogP contribution in [0.1, 0.15) is 49.5 Å². The topological polar surface area (TPSA) is 68.2 Å². The molecule has 3 N–H and O–H groups in total. The Morgan fingerprint density at radius 2 is 1.90 bits per heavy atom. The van der Waals surface area contributed by atoms with E-state index >= 15 is 0 Å². The molecule has 1 amide bonds. The van der Waals surface area contributed by atoms with Gasteiger partial charge < -0.3 is 15.4 Å². The Labute approximate surface area is 119 Å². The van der Waals surface area contributed by atoms with Crippen LogP contribution in [0.4, 0.5) is 0 Å². The maximum absolute atomic E-state index is 11.6. The molecule has 4 heteroatoms. The second-order valence-corrected chi connectivity index (χ2v) is 5.14. The van der Waals surface area contributed by atoms with Crippen LogP contribution >= 0.6 is 0 Å². The molecular weight excluding hydrogens is 252 g/mol. The quantitative estimate of drug-likeness (QED) is 0.760. The van der Waals surface area contributed by atoms with Crippen LogP contribution in [0.2, 0.25) is 0 Å². The molecule has 0 aliphatic rings. The first-order valence-electron chi connectivity index (χ1n) is 7.26. The van der Waals surface area contributed by atoms with Crippen LogP contribution in [0.15, 0.2) is 24.3 Å². The summed E-state index contributed by atoms with van der Waals surface area (Å²) in [6, 6.07) is 7.47. The van der Waals surface area contributed by atoms with Crippen molar-refractivity contribution in [3.63, 3.8) is 0 Å². The van der Waals surface area contributed by atoms with Crippen molar-refractivity contribution in [3.05, 3.63) is 30.0 Å². The van der Waals surface area contributed by atoms with Gasteiger partial charge in [0.15, 0.2) is 5.75 Å². The molecule has 0 bridgehead atoms. The second-order valence-electron chi connectivity index (χ2n) is 5.14. The number of rotatable bonds is 7. The molecule has 0 fully saturated rings. The zero-order valence-electron chi connectivity index (χ0n) is 11.9. The number of aryl methyl sites for hydroxylation is 1. The third-order valence-electron chi connectivity index (χ3n) is 3.66. The third kappa shape index (κ3) is 2.79. The molecule has 0 unspecified atom stereocenters. The van der Waals surface area contributed by atoms with Gasteiger partial charge >= 0.3 is 0 Å². The number of aromatic hydroxyl groups is 1. The number of aromatic nitrogens is 1. The molecule has 0 saturated carbocycles. The van der Waals surface area contributed by atoms with E-state index in [1.165, 1.54) is 19.3 Å². The van der Waals surface area contributed by atoms with E-state index in [9.17, 15) is 9.90 Å². The van der Waals surface area contributed by atoms with Gasteiger partial charge in [-0.1, -0.05) is 44.7 Å². The number of nitrogens with two attached hydrogens (primary N) is 1. The Kier molecular flexibility index (Phi) is 4.66. The third-order valence-corrected chi connectivity index (χ3v) is 3.66. The molecule has 0 atom stereocenters. The summed E-state index contributed by atoms with van der Waals surface area (Å²) in [4.78, 5) is 11.6. The van der Waals surface area contributed by atoms with Gasteiger partial charge in [-0.2, -0.15) is 0 Å². The minimum Gasteiger partial charge on any atom is -0.505 e. The first kappa shape index (κ1) is 14.4. The summed E-state index contributed by atoms with van der Waals surface area (Å²) in [5.74, 6) is -0.575. The molecule has 4 nitrogen and oxygen atoms in total. The summed E-state index contributed by atoms with van der Waals surface area (Å²) in [5.41, 5.74) is 6.50. The molecule has 108 valence electrons. The van der Waals surface area contributed by atoms with Crippen molar-refractivity contribution in [2.45, 2.75) is 45.6 Å². The molecule has 20 heavy (non-hydrogen) atoms. The summed E-state index contributed by atoms with van der Waals surface area (Å²) in [7, 11) is 0. The van der Waals surface area contributed by atoms with Crippen molar-refractivity contribution in [2.24, 2.45) is 5.73 Å². The van der Waals surface area contributed by atoms with Crippen LogP contribution in [0, 0.1) is 0 Å². The van der Waals surface area contributed by atoms with Crippen molar-refractivity contribution in [1.82, 2.24) is 4.57 Å². The van der Waals surface area contributed by atoms with Gasteiger partial charge in [-0.05, 0) is 18.6 Å². The number of hydrogen-bond donors (Lipinski definition) is 2. The summed E-state index contributed by atoms with van der Waals surface area (Å²) < 4.78 is 1.85. The molecule has 0 spiro atoms. The lowest BCUT2D eigenvalue weighted by molar-refractivity contribution is 0.0989. The lowest BCUT2D eigenvalue weighted by Gasteiger charge is -2.08. The van der Waals surface area contributed by atoms with Gasteiger partial charge in [-0.15, -0.1) is 0 Å². The van der Waals surface area contributed by atoms with Gasteiger partial charge in [-0.3, -0.25) is 4.79 Å². The highest BCUT2D eigenvalue weighted by Gasteiger charge is 2.19. The molecule has 1 aromatic heterocycles. The molecular formula is C16H22N2O2. The number of benzene rings is 1. The Morgan fingerprint density at radius 3 is 2.60 bits per heavy atom. The van der Waals surface area contributed by atoms with E-state index in [1.807, 2.05) is 28.8 Å². The van der Waals surface area contributed by atoms with Crippen LogP contribution in [0.5, 0.6) is 5.75 Å². The lowest BCUT2D eigenvalue weighted by atomic mass is 10.1. The van der Waals surface area contributed by atoms with Crippen molar-refractivity contribution in [3.8, 4) is 5.75 Å². The predicted molar refractivity (Wildman–Crippen MR) is 80.9 cm³/mol. The Balaban J connectivity index is 2.26. The minimum atomic E-state index is -0.577. The van der Waals surface area contributed by atoms with Gasteiger partial charge in [0.2, 0.25) is 0 Å². The van der Waals surface area contributed by atoms with E-state index < -0.39 is 5.91 Å². The van der Waals surface area contributed by atoms with Crippen LogP contribution in [-0.2, 0) is 6.54 Å². The average molecular weight is 274 g/mol. The van der Waals surface area contributed by atoms with E-state index in [1.54, 1.807) is 0 Å². The SMILES string of the molecule is CCCCCCCn1c(C(N)=O)c(O)c2ccccc21. The van der Waals surface area contributed by atoms with Gasteiger partial charge in [0, 0.05) is 11.9 Å². The number of para-hydroxylation sites is 1. The number of nitrogens with zero attached hydrogens (tertiary/aromatic N) is 1. The Morgan fingerprint density at radius 1 is 1.20 bits per heavy atom. The molecule has 1 aromatic carbocycles. The Bertz CT molecular complexity index is 602. The molecule has 1 heterocycles. The fraction of sp³-hybridized carbons (Fsp3) is 0.438. The zero-order chi connectivity index (χ0) is 14.5. The van der Waals surface area contributed by atoms with Crippen LogP contribution in [0.3, 0.4) is 0 Å². The summed E-state index contributed by atoms with van der Waals surface area (Å²) in [6.07, 6.45) is 5.76. The van der Waals surface area contributed by atoms with Crippen molar-refractivity contribution in [2.75, 3.05) is 0 Å². The van der Waals surface area contributed by atoms with Crippen LogP contribution in [-0.4, -0.2) is 15.6 Å². The van der Waals surface area contributed by atoms with Gasteiger partial charge in [0.25, 0.3) is 5.91 Å². The number of carbonyl (C=O) groups excluding carboxylic acids is 1. The first-order chi connectivity index (χ1) is 9.66. The highest BCUT2D eigenvalue weighted by Crippen LogP contribution is 2.32. The fourth-order valence-electron chi connectivity index (χ4n) is 2.64. The zero-order valence-corrected chi connectivity index (χ0v) is 11.9. The summed E-state index contributed by atoms with van der Waals surface area (Å²) in [5, 5.41) is 10.8. The van der Waals surface area contributed by atoms with E-state index in [2.05, 4.69) is 6.92 Å². The molecule has 0 saturated heterocycles. The van der Waals surface area contributed by atoms with E-state index in [4.69, 9.17) is 5.73 Å². The smallest absolute Gasteiger partial charge is 0.269 e. The van der Waals surface area contributed by atoms with E-state index in [0.717, 1.165) is 18.4 Å². The first-order valence-corrected chi connectivity index (χ1v) is 7.26. The van der Waals surface area contributed by atoms with E-state index in [0.29, 0.717) is 11.9 Å². The number of amides is 1. The van der Waals surface area contributed by atoms with Gasteiger partial charge in [0.05, 0.1) is 5.52 Å². The monoisotopic (exact) mass is 274 g/mol. The standard InChI is InChI=1S/C16H22N2O2/c1-2-3-4-5-8-11-18-13-10-7-6-9-12(13)15(19)14(18)16(17)20/h6-7,9-10,19H,2-5,8,11H2,1H3,(H2,17,20). The molecule has 2 aromatic rings. The van der Waals surface area contributed by atoms with Gasteiger partial charge in [-0.25, -0.2) is 0 Å². The fourth-order valence-corrected chi connectivity index (χ4v) is 2.64. The minimum absolute atomic E-state index is 0.00154. The van der Waals surface area contributed by atoms with Crippen molar-refractivity contribution < 1.29 is 9.90 Å². The lowest BCUT2D eigenvalue weighted by Crippen LogP contribution is -2.17. The number of primary amides is 1. The molecule has 0 radical (unpaired) electrons. The van der Waals surface area contributed by atoms with E-state index in [-0.39, 0.29) is 11.4 Å². The normalized spacial score (nSPS) is 11.1. The number of hydrogen-bond acceptors (Lipinski definition) is 2. The summed E-state index contributed by atoms with van der Waals surface area (Å²) >= 11 is 0. The van der Waals surface area contributed by atoms with Crippen LogP contribution in [0.25, 0.3) is 10.9 Å². The highest BCUT2D eigenvalue weighted by atomic mass is 16.3. The molecule has 2 rings (SSSR count).